The van der Waals surface area contributed by atoms with Gasteiger partial charge in [0.25, 0.3) is 0 Å². The van der Waals surface area contributed by atoms with E-state index in [9.17, 15) is 4.79 Å². The van der Waals surface area contributed by atoms with Gasteiger partial charge in [-0.2, -0.15) is 0 Å². The summed E-state index contributed by atoms with van der Waals surface area (Å²) in [5.41, 5.74) is 0. The van der Waals surface area contributed by atoms with E-state index in [-0.39, 0.29) is 6.61 Å². The summed E-state index contributed by atoms with van der Waals surface area (Å²) >= 11 is 12.6. The predicted octanol–water partition coefficient (Wildman–Crippen LogP) is 4.85. The van der Waals surface area contributed by atoms with Crippen molar-refractivity contribution in [2.24, 2.45) is 0 Å². The average Bonchev–Trinajstić information content (AvgIpc) is 2.40. The fourth-order valence-corrected chi connectivity index (χ4v) is 2.38. The molecule has 0 heterocycles. The molecular formula is C14H9Br2ClO3. The molecule has 0 amide bonds. The number of hydrogen-bond donors (Lipinski definition) is 0. The van der Waals surface area contributed by atoms with Crippen LogP contribution in [0.3, 0.4) is 0 Å². The third-order valence-corrected chi connectivity index (χ3v) is 3.60. The minimum absolute atomic E-state index is 0.211. The highest BCUT2D eigenvalue weighted by Gasteiger charge is 2.08. The molecule has 0 saturated heterocycles. The molecule has 0 saturated carbocycles. The van der Waals surface area contributed by atoms with Crippen molar-refractivity contribution >= 4 is 49.4 Å². The Kier molecular flexibility index (Phi) is 5.46. The minimum Gasteiger partial charge on any atom is -0.480 e. The van der Waals surface area contributed by atoms with Crippen LogP contribution in [0.2, 0.25) is 5.02 Å². The zero-order chi connectivity index (χ0) is 14.5. The van der Waals surface area contributed by atoms with Crippen molar-refractivity contribution in [2.45, 2.75) is 0 Å². The van der Waals surface area contributed by atoms with Crippen LogP contribution in [0.4, 0.5) is 0 Å². The first kappa shape index (κ1) is 15.4. The summed E-state index contributed by atoms with van der Waals surface area (Å²) in [7, 11) is 0. The summed E-state index contributed by atoms with van der Waals surface area (Å²) in [6, 6.07) is 12.1. The topological polar surface area (TPSA) is 35.5 Å². The number of rotatable bonds is 4. The summed E-state index contributed by atoms with van der Waals surface area (Å²) < 4.78 is 12.2. The average molecular weight is 420 g/mol. The van der Waals surface area contributed by atoms with Gasteiger partial charge in [-0.3, -0.25) is 0 Å². The van der Waals surface area contributed by atoms with Crippen molar-refractivity contribution in [2.75, 3.05) is 6.61 Å². The smallest absolute Gasteiger partial charge is 0.349 e. The van der Waals surface area contributed by atoms with Crippen LogP contribution < -0.4 is 9.47 Å². The van der Waals surface area contributed by atoms with Gasteiger partial charge in [0.15, 0.2) is 6.61 Å². The molecule has 0 aliphatic heterocycles. The summed E-state index contributed by atoms with van der Waals surface area (Å²) in [5.74, 6) is 0.401. The number of carbonyl (C=O) groups is 1. The van der Waals surface area contributed by atoms with E-state index < -0.39 is 5.97 Å². The summed E-state index contributed by atoms with van der Waals surface area (Å²) in [6.45, 7) is -0.211. The van der Waals surface area contributed by atoms with Crippen LogP contribution in [-0.2, 0) is 4.79 Å². The highest BCUT2D eigenvalue weighted by Crippen LogP contribution is 2.27. The van der Waals surface area contributed by atoms with E-state index in [0.29, 0.717) is 16.5 Å². The molecule has 0 atom stereocenters. The van der Waals surface area contributed by atoms with Gasteiger partial charge in [-0.25, -0.2) is 4.79 Å². The molecule has 2 aromatic carbocycles. The number of ether oxygens (including phenoxy) is 2. The lowest BCUT2D eigenvalue weighted by Crippen LogP contribution is -2.17. The number of esters is 1. The Bertz CT molecular complexity index is 614. The fourth-order valence-electron chi connectivity index (χ4n) is 1.39. The number of halogens is 3. The molecule has 20 heavy (non-hydrogen) atoms. The Morgan fingerprint density at radius 1 is 1.05 bits per heavy atom. The highest BCUT2D eigenvalue weighted by molar-refractivity contribution is 9.10. The van der Waals surface area contributed by atoms with Gasteiger partial charge in [0.2, 0.25) is 0 Å². The zero-order valence-electron chi connectivity index (χ0n) is 10.1. The summed E-state index contributed by atoms with van der Waals surface area (Å²) in [6.07, 6.45) is 0. The van der Waals surface area contributed by atoms with E-state index in [1.165, 1.54) is 0 Å². The molecule has 0 radical (unpaired) electrons. The SMILES string of the molecule is O=C(COc1ccc(Br)cc1Cl)Oc1ccc(Br)cc1. The van der Waals surface area contributed by atoms with Gasteiger partial charge in [0.1, 0.15) is 11.5 Å². The van der Waals surface area contributed by atoms with Crippen LogP contribution in [0.5, 0.6) is 11.5 Å². The Labute approximate surface area is 138 Å². The van der Waals surface area contributed by atoms with E-state index in [0.717, 1.165) is 8.95 Å². The molecule has 0 aliphatic carbocycles. The number of hydrogen-bond acceptors (Lipinski definition) is 3. The van der Waals surface area contributed by atoms with Gasteiger partial charge in [0, 0.05) is 8.95 Å². The molecule has 0 unspecified atom stereocenters. The second kappa shape index (κ2) is 7.11. The Hall–Kier alpha value is -1.04. The largest absolute Gasteiger partial charge is 0.480 e. The van der Waals surface area contributed by atoms with Crippen molar-refractivity contribution in [3.05, 3.63) is 56.4 Å². The minimum atomic E-state index is -0.494. The quantitative estimate of drug-likeness (QED) is 0.524. The molecule has 0 N–H and O–H groups in total. The molecule has 0 aromatic heterocycles. The lowest BCUT2D eigenvalue weighted by Gasteiger charge is -2.08. The summed E-state index contributed by atoms with van der Waals surface area (Å²) in [5, 5.41) is 0.427. The van der Waals surface area contributed by atoms with Crippen molar-refractivity contribution in [3.63, 3.8) is 0 Å². The molecule has 2 rings (SSSR count). The van der Waals surface area contributed by atoms with Crippen LogP contribution in [0.25, 0.3) is 0 Å². The lowest BCUT2D eigenvalue weighted by molar-refractivity contribution is -0.136. The van der Waals surface area contributed by atoms with Crippen molar-refractivity contribution in [3.8, 4) is 11.5 Å². The van der Waals surface area contributed by atoms with E-state index in [1.807, 2.05) is 0 Å². The van der Waals surface area contributed by atoms with Crippen LogP contribution in [0.15, 0.2) is 51.4 Å². The van der Waals surface area contributed by atoms with Crippen molar-refractivity contribution < 1.29 is 14.3 Å². The first-order valence-electron chi connectivity index (χ1n) is 5.59. The molecule has 0 aliphatic rings. The molecule has 0 fully saturated rings. The molecule has 104 valence electrons. The second-order valence-corrected chi connectivity index (χ2v) is 6.03. The Balaban J connectivity index is 1.90. The van der Waals surface area contributed by atoms with Crippen molar-refractivity contribution in [1.29, 1.82) is 0 Å². The Morgan fingerprint density at radius 3 is 2.35 bits per heavy atom. The maximum absolute atomic E-state index is 11.6. The fraction of sp³-hybridized carbons (Fsp3) is 0.0714. The highest BCUT2D eigenvalue weighted by atomic mass is 79.9. The van der Waals surface area contributed by atoms with Crippen LogP contribution in [-0.4, -0.2) is 12.6 Å². The predicted molar refractivity (Wildman–Crippen MR) is 84.4 cm³/mol. The maximum atomic E-state index is 11.6. The molecular weight excluding hydrogens is 411 g/mol. The molecule has 6 heteroatoms. The normalized spacial score (nSPS) is 10.2. The van der Waals surface area contributed by atoms with Gasteiger partial charge in [-0.05, 0) is 42.5 Å². The first-order valence-corrected chi connectivity index (χ1v) is 7.55. The van der Waals surface area contributed by atoms with Gasteiger partial charge >= 0.3 is 5.97 Å². The van der Waals surface area contributed by atoms with Gasteiger partial charge in [-0.15, -0.1) is 0 Å². The van der Waals surface area contributed by atoms with E-state index in [1.54, 1.807) is 42.5 Å². The zero-order valence-corrected chi connectivity index (χ0v) is 14.0. The van der Waals surface area contributed by atoms with Crippen LogP contribution in [0.1, 0.15) is 0 Å². The van der Waals surface area contributed by atoms with Crippen LogP contribution in [0, 0.1) is 0 Å². The monoisotopic (exact) mass is 418 g/mol. The van der Waals surface area contributed by atoms with Gasteiger partial charge in [-0.1, -0.05) is 43.5 Å². The molecule has 0 bridgehead atoms. The number of carbonyl (C=O) groups excluding carboxylic acids is 1. The number of benzene rings is 2. The van der Waals surface area contributed by atoms with Crippen LogP contribution >= 0.6 is 43.5 Å². The van der Waals surface area contributed by atoms with Gasteiger partial charge < -0.3 is 9.47 Å². The second-order valence-electron chi connectivity index (χ2n) is 3.79. The third kappa shape index (κ3) is 4.51. The van der Waals surface area contributed by atoms with Crippen molar-refractivity contribution in [1.82, 2.24) is 0 Å². The van der Waals surface area contributed by atoms with E-state index in [2.05, 4.69) is 31.9 Å². The third-order valence-electron chi connectivity index (χ3n) is 2.28. The first-order chi connectivity index (χ1) is 9.54. The van der Waals surface area contributed by atoms with E-state index in [4.69, 9.17) is 21.1 Å². The molecule has 0 spiro atoms. The Morgan fingerprint density at radius 2 is 1.70 bits per heavy atom. The standard InChI is InChI=1S/C14H9Br2ClO3/c15-9-1-4-11(5-2-9)20-14(18)8-19-13-6-3-10(16)7-12(13)17/h1-7H,8H2. The lowest BCUT2D eigenvalue weighted by atomic mass is 10.3. The van der Waals surface area contributed by atoms with E-state index >= 15 is 0 Å². The maximum Gasteiger partial charge on any atom is 0.349 e. The summed E-state index contributed by atoms with van der Waals surface area (Å²) in [4.78, 5) is 11.6. The molecule has 3 nitrogen and oxygen atoms in total. The van der Waals surface area contributed by atoms with Gasteiger partial charge in [0.05, 0.1) is 5.02 Å². The molecule has 2 aromatic rings.